The summed E-state index contributed by atoms with van der Waals surface area (Å²) in [5.41, 5.74) is 0. The van der Waals surface area contributed by atoms with E-state index in [1.165, 1.54) is 25.8 Å². The zero-order chi connectivity index (χ0) is 8.39. The summed E-state index contributed by atoms with van der Waals surface area (Å²) in [7, 11) is 0. The smallest absolute Gasteiger partial charge is 0.0497 e. The summed E-state index contributed by atoms with van der Waals surface area (Å²) in [6.45, 7) is 5.50. The number of rotatable bonds is 1. The average molecular weight is 169 g/mol. The monoisotopic (exact) mass is 169 g/mol. The fourth-order valence-corrected chi connectivity index (χ4v) is 2.47. The van der Waals surface area contributed by atoms with Crippen LogP contribution in [0.2, 0.25) is 0 Å². The molecule has 70 valence electrons. The quantitative estimate of drug-likeness (QED) is 0.641. The third-order valence-electron chi connectivity index (χ3n) is 3.25. The van der Waals surface area contributed by atoms with E-state index in [1.54, 1.807) is 0 Å². The number of hydrogen-bond donors (Lipinski definition) is 1. The molecule has 2 heterocycles. The summed E-state index contributed by atoms with van der Waals surface area (Å²) >= 11 is 0. The van der Waals surface area contributed by atoms with Gasteiger partial charge in [-0.3, -0.25) is 0 Å². The van der Waals surface area contributed by atoms with Gasteiger partial charge in [0.2, 0.25) is 0 Å². The van der Waals surface area contributed by atoms with Gasteiger partial charge in [0.05, 0.1) is 0 Å². The van der Waals surface area contributed by atoms with Crippen LogP contribution in [-0.2, 0) is 4.74 Å². The fraction of sp³-hybridized carbons (Fsp3) is 1.00. The van der Waals surface area contributed by atoms with Crippen molar-refractivity contribution in [3.05, 3.63) is 0 Å². The van der Waals surface area contributed by atoms with Crippen LogP contribution >= 0.6 is 0 Å². The van der Waals surface area contributed by atoms with E-state index in [9.17, 15) is 0 Å². The molecule has 1 N–H and O–H groups in total. The Morgan fingerprint density at radius 1 is 1.33 bits per heavy atom. The molecule has 0 bridgehead atoms. The van der Waals surface area contributed by atoms with Crippen LogP contribution in [-0.4, -0.2) is 25.8 Å². The summed E-state index contributed by atoms with van der Waals surface area (Å²) < 4.78 is 5.50. The van der Waals surface area contributed by atoms with E-state index in [0.29, 0.717) is 0 Å². The molecular formula is C10H19NO. The molecule has 0 aromatic heterocycles. The van der Waals surface area contributed by atoms with Gasteiger partial charge in [0.15, 0.2) is 0 Å². The van der Waals surface area contributed by atoms with Crippen molar-refractivity contribution in [3.8, 4) is 0 Å². The number of nitrogens with one attached hydrogen (secondary N) is 1. The molecule has 0 spiro atoms. The van der Waals surface area contributed by atoms with Gasteiger partial charge in [-0.05, 0) is 44.6 Å². The first-order chi connectivity index (χ1) is 5.86. The predicted molar refractivity (Wildman–Crippen MR) is 49.1 cm³/mol. The van der Waals surface area contributed by atoms with Gasteiger partial charge >= 0.3 is 0 Å². The molecule has 0 aromatic rings. The van der Waals surface area contributed by atoms with E-state index in [1.807, 2.05) is 0 Å². The zero-order valence-electron chi connectivity index (χ0n) is 7.88. The highest BCUT2D eigenvalue weighted by molar-refractivity contribution is 4.84. The number of ether oxygens (including phenoxy) is 1. The molecule has 2 fully saturated rings. The normalized spacial score (nSPS) is 43.2. The van der Waals surface area contributed by atoms with E-state index in [4.69, 9.17) is 4.74 Å². The van der Waals surface area contributed by atoms with Crippen molar-refractivity contribution in [1.82, 2.24) is 5.32 Å². The van der Waals surface area contributed by atoms with Crippen LogP contribution in [0.3, 0.4) is 0 Å². The Morgan fingerprint density at radius 2 is 2.25 bits per heavy atom. The second-order valence-corrected chi connectivity index (χ2v) is 4.28. The van der Waals surface area contributed by atoms with E-state index >= 15 is 0 Å². The highest BCUT2D eigenvalue weighted by atomic mass is 16.5. The van der Waals surface area contributed by atoms with Crippen LogP contribution in [0.15, 0.2) is 0 Å². The summed E-state index contributed by atoms with van der Waals surface area (Å²) in [5.74, 6) is 1.73. The standard InChI is InChI=1S/C10H19NO/c1-8-5-10(6-11-8)9-3-2-4-12-7-9/h8-11H,2-7H2,1H3. The van der Waals surface area contributed by atoms with Crippen molar-refractivity contribution in [2.45, 2.75) is 32.2 Å². The van der Waals surface area contributed by atoms with E-state index in [-0.39, 0.29) is 0 Å². The summed E-state index contributed by atoms with van der Waals surface area (Å²) in [6.07, 6.45) is 4.02. The second-order valence-electron chi connectivity index (χ2n) is 4.28. The van der Waals surface area contributed by atoms with Gasteiger partial charge in [0.1, 0.15) is 0 Å². The maximum absolute atomic E-state index is 5.50. The van der Waals surface area contributed by atoms with Crippen molar-refractivity contribution in [2.24, 2.45) is 11.8 Å². The Kier molecular flexibility index (Phi) is 2.66. The highest BCUT2D eigenvalue weighted by Gasteiger charge is 2.29. The molecule has 0 saturated carbocycles. The van der Waals surface area contributed by atoms with Crippen molar-refractivity contribution in [1.29, 1.82) is 0 Å². The largest absolute Gasteiger partial charge is 0.381 e. The average Bonchev–Trinajstić information content (AvgIpc) is 2.54. The SMILES string of the molecule is CC1CC(C2CCCOC2)CN1. The van der Waals surface area contributed by atoms with Crippen LogP contribution < -0.4 is 5.32 Å². The molecule has 2 saturated heterocycles. The highest BCUT2D eigenvalue weighted by Crippen LogP contribution is 2.28. The molecule has 2 heteroatoms. The van der Waals surface area contributed by atoms with E-state index < -0.39 is 0 Å². The lowest BCUT2D eigenvalue weighted by atomic mass is 9.86. The molecule has 12 heavy (non-hydrogen) atoms. The van der Waals surface area contributed by atoms with Crippen molar-refractivity contribution in [3.63, 3.8) is 0 Å². The van der Waals surface area contributed by atoms with E-state index in [2.05, 4.69) is 12.2 Å². The minimum absolute atomic E-state index is 0.733. The molecule has 2 nitrogen and oxygen atoms in total. The Bertz CT molecular complexity index is 140. The topological polar surface area (TPSA) is 21.3 Å². The lowest BCUT2D eigenvalue weighted by molar-refractivity contribution is 0.0339. The van der Waals surface area contributed by atoms with Gasteiger partial charge in [-0.2, -0.15) is 0 Å². The van der Waals surface area contributed by atoms with Gasteiger partial charge in [-0.1, -0.05) is 0 Å². The van der Waals surface area contributed by atoms with Crippen LogP contribution in [0.1, 0.15) is 26.2 Å². The van der Waals surface area contributed by atoms with Gasteiger partial charge in [0, 0.05) is 19.3 Å². The summed E-state index contributed by atoms with van der Waals surface area (Å²) in [4.78, 5) is 0. The minimum atomic E-state index is 0.733. The molecule has 0 aliphatic carbocycles. The molecule has 0 amide bonds. The van der Waals surface area contributed by atoms with E-state index in [0.717, 1.165) is 31.1 Å². The van der Waals surface area contributed by atoms with Gasteiger partial charge in [0.25, 0.3) is 0 Å². The third kappa shape index (κ3) is 1.80. The zero-order valence-corrected chi connectivity index (χ0v) is 7.88. The first-order valence-electron chi connectivity index (χ1n) is 5.17. The second kappa shape index (κ2) is 3.75. The molecule has 3 atom stereocenters. The van der Waals surface area contributed by atoms with Gasteiger partial charge in [-0.15, -0.1) is 0 Å². The maximum Gasteiger partial charge on any atom is 0.0497 e. The fourth-order valence-electron chi connectivity index (χ4n) is 2.47. The minimum Gasteiger partial charge on any atom is -0.381 e. The van der Waals surface area contributed by atoms with Crippen molar-refractivity contribution in [2.75, 3.05) is 19.8 Å². The molecule has 3 unspecified atom stereocenters. The Labute approximate surface area is 74.7 Å². The Balaban J connectivity index is 1.83. The Morgan fingerprint density at radius 3 is 2.83 bits per heavy atom. The molecular weight excluding hydrogens is 150 g/mol. The Hall–Kier alpha value is -0.0800. The van der Waals surface area contributed by atoms with Gasteiger partial charge < -0.3 is 10.1 Å². The van der Waals surface area contributed by atoms with Crippen LogP contribution in [0.4, 0.5) is 0 Å². The van der Waals surface area contributed by atoms with Gasteiger partial charge in [-0.25, -0.2) is 0 Å². The molecule has 2 rings (SSSR count). The third-order valence-corrected chi connectivity index (χ3v) is 3.25. The van der Waals surface area contributed by atoms with Crippen molar-refractivity contribution < 1.29 is 4.74 Å². The summed E-state index contributed by atoms with van der Waals surface area (Å²) in [5, 5.41) is 3.51. The molecule has 2 aliphatic heterocycles. The maximum atomic E-state index is 5.50. The first kappa shape index (κ1) is 8.52. The molecule has 0 radical (unpaired) electrons. The number of hydrogen-bond acceptors (Lipinski definition) is 2. The lowest BCUT2D eigenvalue weighted by Gasteiger charge is -2.26. The molecule has 0 aromatic carbocycles. The van der Waals surface area contributed by atoms with Crippen molar-refractivity contribution >= 4 is 0 Å². The van der Waals surface area contributed by atoms with Crippen LogP contribution in [0.5, 0.6) is 0 Å². The van der Waals surface area contributed by atoms with Crippen LogP contribution in [0.25, 0.3) is 0 Å². The predicted octanol–water partition coefficient (Wildman–Crippen LogP) is 1.41. The molecule has 2 aliphatic rings. The summed E-state index contributed by atoms with van der Waals surface area (Å²) in [6, 6.07) is 0.733. The van der Waals surface area contributed by atoms with Crippen LogP contribution in [0, 0.1) is 11.8 Å². The first-order valence-corrected chi connectivity index (χ1v) is 5.17. The lowest BCUT2D eigenvalue weighted by Crippen LogP contribution is -2.26.